The Kier molecular flexibility index (Phi) is 1.57. The Morgan fingerprint density at radius 2 is 1.53 bits per heavy atom. The summed E-state index contributed by atoms with van der Waals surface area (Å²) in [6, 6.07) is 18.4. The first-order valence-corrected chi connectivity index (χ1v) is 5.84. The molecule has 17 heavy (non-hydrogen) atoms. The molecule has 2 unspecified atom stereocenters. The molecule has 2 atom stereocenters. The molecule has 1 heterocycles. The number of para-hydroxylation sites is 1. The van der Waals surface area contributed by atoms with E-state index in [1.807, 2.05) is 36.4 Å². The molecule has 1 saturated heterocycles. The van der Waals surface area contributed by atoms with Crippen LogP contribution in [0.4, 0.5) is 5.69 Å². The van der Waals surface area contributed by atoms with Crippen LogP contribution in [0.15, 0.2) is 54.6 Å². The van der Waals surface area contributed by atoms with Crippen LogP contribution in [0.2, 0.25) is 0 Å². The molecule has 4 rings (SSSR count). The lowest BCUT2D eigenvalue weighted by atomic mass is 10.1. The first-order chi connectivity index (χ1) is 8.38. The molecule has 0 saturated carbocycles. The highest BCUT2D eigenvalue weighted by Gasteiger charge is 2.59. The topological polar surface area (TPSA) is 20.1 Å². The van der Waals surface area contributed by atoms with E-state index in [1.54, 1.807) is 0 Å². The van der Waals surface area contributed by atoms with Crippen molar-refractivity contribution in [3.05, 3.63) is 65.7 Å². The maximum Gasteiger partial charge on any atom is 0.188 e. The summed E-state index contributed by atoms with van der Waals surface area (Å²) in [7, 11) is 0. The van der Waals surface area contributed by atoms with Gasteiger partial charge in [-0.25, -0.2) is 0 Å². The Morgan fingerprint density at radius 1 is 0.824 bits per heavy atom. The predicted molar refractivity (Wildman–Crippen MR) is 66.2 cm³/mol. The Balaban J connectivity index is 1.79. The van der Waals surface area contributed by atoms with Gasteiger partial charge in [-0.1, -0.05) is 42.5 Å². The monoisotopic (exact) mass is 221 g/mol. The van der Waals surface area contributed by atoms with Crippen molar-refractivity contribution in [1.29, 1.82) is 0 Å². The highest BCUT2D eigenvalue weighted by atomic mass is 16.1. The van der Waals surface area contributed by atoms with Crippen molar-refractivity contribution in [3.8, 4) is 0 Å². The molecule has 1 fully saturated rings. The smallest absolute Gasteiger partial charge is 0.188 e. The molecule has 0 aromatic heterocycles. The van der Waals surface area contributed by atoms with Gasteiger partial charge in [0.1, 0.15) is 6.04 Å². The average molecular weight is 221 g/mol. The normalized spacial score (nSPS) is 24.5. The van der Waals surface area contributed by atoms with E-state index in [9.17, 15) is 4.79 Å². The van der Waals surface area contributed by atoms with Crippen molar-refractivity contribution < 1.29 is 4.79 Å². The number of fused-ring (bicyclic) bond motifs is 3. The van der Waals surface area contributed by atoms with Crippen molar-refractivity contribution in [2.75, 3.05) is 4.90 Å². The second-order valence-electron chi connectivity index (χ2n) is 4.58. The number of carbonyl (C=O) groups is 1. The zero-order valence-corrected chi connectivity index (χ0v) is 9.21. The molecule has 2 heteroatoms. The number of Topliss-reactive ketones (excluding diaryl/α,β-unsaturated/α-hetero) is 1. The third-order valence-electron chi connectivity index (χ3n) is 3.68. The summed E-state index contributed by atoms with van der Waals surface area (Å²) in [5.41, 5.74) is 3.24. The highest BCUT2D eigenvalue weighted by molar-refractivity contribution is 6.12. The number of ketones is 1. The number of hydrogen-bond donors (Lipinski definition) is 0. The van der Waals surface area contributed by atoms with Crippen LogP contribution in [-0.2, 0) is 0 Å². The minimum atomic E-state index is 0.0507. The number of hydrogen-bond acceptors (Lipinski definition) is 2. The molecule has 0 spiro atoms. The molecule has 0 N–H and O–H groups in total. The summed E-state index contributed by atoms with van der Waals surface area (Å²) in [4.78, 5) is 14.4. The van der Waals surface area contributed by atoms with Gasteiger partial charge in [0, 0.05) is 11.3 Å². The number of nitrogens with zero attached hydrogens (tertiary/aromatic N) is 1. The van der Waals surface area contributed by atoms with Crippen molar-refractivity contribution in [1.82, 2.24) is 0 Å². The average Bonchev–Trinajstić information content (AvgIpc) is 3.07. The maximum atomic E-state index is 12.2. The summed E-state index contributed by atoms with van der Waals surface area (Å²) < 4.78 is 0. The summed E-state index contributed by atoms with van der Waals surface area (Å²) in [6.45, 7) is 0. The highest BCUT2D eigenvalue weighted by Crippen LogP contribution is 2.53. The molecule has 0 bridgehead atoms. The molecule has 1 aliphatic carbocycles. The van der Waals surface area contributed by atoms with Gasteiger partial charge in [-0.05, 0) is 17.7 Å². The number of anilines is 1. The Hall–Kier alpha value is -2.09. The molecule has 2 aromatic rings. The van der Waals surface area contributed by atoms with E-state index < -0.39 is 0 Å². The van der Waals surface area contributed by atoms with Crippen molar-refractivity contribution in [3.63, 3.8) is 0 Å². The fourth-order valence-electron chi connectivity index (χ4n) is 2.88. The molecule has 82 valence electrons. The van der Waals surface area contributed by atoms with Gasteiger partial charge in [0.05, 0.1) is 6.04 Å². The van der Waals surface area contributed by atoms with Crippen molar-refractivity contribution in [2.24, 2.45) is 0 Å². The Bertz CT molecular complexity index is 601. The fraction of sp³-hybridized carbons (Fsp3) is 0.133. The van der Waals surface area contributed by atoms with Gasteiger partial charge in [-0.15, -0.1) is 0 Å². The SMILES string of the molecule is O=C1c2ccccc2C2C1N2c1ccccc1. The van der Waals surface area contributed by atoms with E-state index in [0.717, 1.165) is 11.3 Å². The molecule has 0 amide bonds. The van der Waals surface area contributed by atoms with E-state index in [2.05, 4.69) is 23.1 Å². The van der Waals surface area contributed by atoms with E-state index >= 15 is 0 Å². The van der Waals surface area contributed by atoms with Crippen LogP contribution in [0.1, 0.15) is 22.0 Å². The van der Waals surface area contributed by atoms with Gasteiger partial charge >= 0.3 is 0 Å². The van der Waals surface area contributed by atoms with Crippen LogP contribution in [0.25, 0.3) is 0 Å². The second-order valence-corrected chi connectivity index (χ2v) is 4.58. The summed E-state index contributed by atoms with van der Waals surface area (Å²) >= 11 is 0. The molecule has 0 radical (unpaired) electrons. The standard InChI is InChI=1S/C15H11NO/c17-15-12-9-5-4-8-11(12)13-14(15)16(13)10-6-2-1-3-7-10/h1-9,13-14H. The minimum Gasteiger partial charge on any atom is -0.349 e. The first-order valence-electron chi connectivity index (χ1n) is 5.84. The van der Waals surface area contributed by atoms with Gasteiger partial charge in [-0.3, -0.25) is 4.79 Å². The maximum absolute atomic E-state index is 12.2. The molecule has 1 aliphatic heterocycles. The third kappa shape index (κ3) is 1.07. The molecule has 2 aliphatic rings. The van der Waals surface area contributed by atoms with Crippen molar-refractivity contribution in [2.45, 2.75) is 12.1 Å². The lowest BCUT2D eigenvalue weighted by molar-refractivity contribution is 0.0998. The van der Waals surface area contributed by atoms with E-state index in [1.165, 1.54) is 5.56 Å². The van der Waals surface area contributed by atoms with Crippen LogP contribution >= 0.6 is 0 Å². The lowest BCUT2D eigenvalue weighted by Crippen LogP contribution is -2.13. The van der Waals surface area contributed by atoms with E-state index in [-0.39, 0.29) is 17.9 Å². The Morgan fingerprint density at radius 3 is 2.35 bits per heavy atom. The van der Waals surface area contributed by atoms with Crippen LogP contribution in [-0.4, -0.2) is 11.8 Å². The first kappa shape index (κ1) is 8.99. The van der Waals surface area contributed by atoms with Gasteiger partial charge in [0.25, 0.3) is 0 Å². The van der Waals surface area contributed by atoms with Crippen molar-refractivity contribution >= 4 is 11.5 Å². The molecular weight excluding hydrogens is 210 g/mol. The Labute approximate surface area is 99.5 Å². The molecule has 2 nitrogen and oxygen atoms in total. The summed E-state index contributed by atoms with van der Waals surface area (Å²) in [5.74, 6) is 0.273. The lowest BCUT2D eigenvalue weighted by Gasteiger charge is -2.10. The number of benzene rings is 2. The zero-order chi connectivity index (χ0) is 11.4. The summed E-state index contributed by atoms with van der Waals surface area (Å²) in [6.07, 6.45) is 0. The third-order valence-corrected chi connectivity index (χ3v) is 3.68. The van der Waals surface area contributed by atoms with Gasteiger partial charge < -0.3 is 4.90 Å². The summed E-state index contributed by atoms with van der Waals surface area (Å²) in [5, 5.41) is 0. The van der Waals surface area contributed by atoms with Crippen LogP contribution < -0.4 is 4.90 Å². The zero-order valence-electron chi connectivity index (χ0n) is 9.21. The van der Waals surface area contributed by atoms with Crippen LogP contribution in [0, 0.1) is 0 Å². The largest absolute Gasteiger partial charge is 0.349 e. The van der Waals surface area contributed by atoms with Gasteiger partial charge in [0.2, 0.25) is 0 Å². The van der Waals surface area contributed by atoms with E-state index in [0.29, 0.717) is 0 Å². The second kappa shape index (κ2) is 2.98. The van der Waals surface area contributed by atoms with E-state index in [4.69, 9.17) is 0 Å². The molecular formula is C15H11NO. The number of carbonyl (C=O) groups excluding carboxylic acids is 1. The minimum absolute atomic E-state index is 0.0507. The van der Waals surface area contributed by atoms with Crippen LogP contribution in [0.3, 0.4) is 0 Å². The van der Waals surface area contributed by atoms with Gasteiger partial charge in [-0.2, -0.15) is 0 Å². The van der Waals surface area contributed by atoms with Crippen LogP contribution in [0.5, 0.6) is 0 Å². The molecule has 2 aromatic carbocycles. The van der Waals surface area contributed by atoms with Gasteiger partial charge in [0.15, 0.2) is 5.78 Å². The quantitative estimate of drug-likeness (QED) is 0.690. The number of rotatable bonds is 1. The fourth-order valence-corrected chi connectivity index (χ4v) is 2.88. The predicted octanol–water partition coefficient (Wildman–Crippen LogP) is 2.81.